The van der Waals surface area contributed by atoms with Crippen LogP contribution in [0, 0.1) is 0 Å². The Bertz CT molecular complexity index is 623. The maximum Gasteiger partial charge on any atom is 0.258 e. The second-order valence-corrected chi connectivity index (χ2v) is 5.02. The number of carbonyl (C=O) groups is 1. The van der Waals surface area contributed by atoms with Gasteiger partial charge in [0.05, 0.1) is 0 Å². The molecule has 0 spiro atoms. The number of amides is 1. The summed E-state index contributed by atoms with van der Waals surface area (Å²) in [4.78, 5) is 27.6. The number of carbonyl (C=O) groups excluding carboxylic acids is 1. The summed E-state index contributed by atoms with van der Waals surface area (Å²) in [6, 6.07) is 0. The molecule has 0 aliphatic carbocycles. The van der Waals surface area contributed by atoms with Crippen LogP contribution in [-0.2, 0) is 4.79 Å². The smallest absolute Gasteiger partial charge is 0.258 e. The van der Waals surface area contributed by atoms with E-state index >= 15 is 0 Å². The molecule has 4 N–H and O–H groups in total. The van der Waals surface area contributed by atoms with E-state index in [1.807, 2.05) is 13.8 Å². The molecule has 0 aliphatic rings. The maximum absolute atomic E-state index is 11.1. The molecule has 0 saturated carbocycles. The van der Waals surface area contributed by atoms with Crippen LogP contribution < -0.4 is 16.4 Å². The van der Waals surface area contributed by atoms with Crippen LogP contribution in [0.1, 0.15) is 20.3 Å². The highest BCUT2D eigenvalue weighted by atomic mass is 16.1. The second kappa shape index (κ2) is 5.69. The van der Waals surface area contributed by atoms with Crippen molar-refractivity contribution in [3.05, 3.63) is 12.7 Å². The number of nitrogens with two attached hydrogens (primary N) is 1. The minimum Gasteiger partial charge on any atom is -0.370 e. The first kappa shape index (κ1) is 14.6. The highest BCUT2D eigenvalue weighted by Crippen LogP contribution is 2.16. The van der Waals surface area contributed by atoms with E-state index in [1.165, 1.54) is 17.3 Å². The summed E-state index contributed by atoms with van der Waals surface area (Å²) in [6.45, 7) is 3.66. The molecule has 0 bridgehead atoms. The Balaban J connectivity index is 2.31. The van der Waals surface area contributed by atoms with Crippen LogP contribution in [0.15, 0.2) is 12.7 Å². The third-order valence-corrected chi connectivity index (χ3v) is 2.54. The lowest BCUT2D eigenvalue weighted by atomic mass is 10.0. The topological polar surface area (TPSA) is 137 Å². The van der Waals surface area contributed by atoms with Gasteiger partial charge in [-0.2, -0.15) is 24.7 Å². The molecule has 1 amide bonds. The van der Waals surface area contributed by atoms with Gasteiger partial charge in [-0.25, -0.2) is 4.98 Å². The minimum absolute atomic E-state index is 0.145. The Kier molecular flexibility index (Phi) is 3.96. The third-order valence-electron chi connectivity index (χ3n) is 2.54. The van der Waals surface area contributed by atoms with Gasteiger partial charge in [-0.15, -0.1) is 0 Å². The number of aromatic nitrogens is 6. The number of hydrogen-bond donors (Lipinski definition) is 3. The molecule has 2 aromatic heterocycles. The number of rotatable bonds is 6. The van der Waals surface area contributed by atoms with Crippen LogP contribution in [0.3, 0.4) is 0 Å². The Hall–Kier alpha value is -2.78. The molecule has 0 radical (unpaired) electrons. The highest BCUT2D eigenvalue weighted by Gasteiger charge is 2.22. The van der Waals surface area contributed by atoms with Gasteiger partial charge in [-0.3, -0.25) is 4.79 Å². The number of nitrogens with one attached hydrogen (secondary N) is 2. The van der Waals surface area contributed by atoms with Gasteiger partial charge >= 0.3 is 0 Å². The van der Waals surface area contributed by atoms with E-state index < -0.39 is 11.4 Å². The molecular weight excluding hydrogens is 274 g/mol. The maximum atomic E-state index is 11.1. The van der Waals surface area contributed by atoms with Gasteiger partial charge in [0.2, 0.25) is 17.8 Å². The van der Waals surface area contributed by atoms with Crippen molar-refractivity contribution in [3.63, 3.8) is 0 Å². The number of anilines is 2. The fraction of sp³-hybridized carbons (Fsp3) is 0.455. The van der Waals surface area contributed by atoms with Crippen LogP contribution in [0.5, 0.6) is 0 Å². The van der Waals surface area contributed by atoms with Gasteiger partial charge < -0.3 is 16.4 Å². The van der Waals surface area contributed by atoms with Gasteiger partial charge in [0.1, 0.15) is 12.7 Å². The summed E-state index contributed by atoms with van der Waals surface area (Å²) in [7, 11) is 1.69. The molecule has 0 fully saturated rings. The average Bonchev–Trinajstić information content (AvgIpc) is 2.89. The molecule has 10 heteroatoms. The summed E-state index contributed by atoms with van der Waals surface area (Å²) in [5.41, 5.74) is 4.64. The van der Waals surface area contributed by atoms with Crippen LogP contribution in [0.4, 0.5) is 11.9 Å². The van der Waals surface area contributed by atoms with Crippen molar-refractivity contribution < 1.29 is 4.79 Å². The molecule has 2 aromatic rings. The molecule has 2 rings (SSSR count). The summed E-state index contributed by atoms with van der Waals surface area (Å²) >= 11 is 0. The van der Waals surface area contributed by atoms with E-state index in [0.29, 0.717) is 17.8 Å². The fourth-order valence-corrected chi connectivity index (χ4v) is 1.73. The Morgan fingerprint density at radius 2 is 2.05 bits per heavy atom. The zero-order valence-electron chi connectivity index (χ0n) is 12.0. The zero-order valence-corrected chi connectivity index (χ0v) is 12.0. The monoisotopic (exact) mass is 291 g/mol. The first-order chi connectivity index (χ1) is 9.89. The third kappa shape index (κ3) is 3.84. The molecule has 2 heterocycles. The van der Waals surface area contributed by atoms with Crippen molar-refractivity contribution in [2.24, 2.45) is 5.73 Å². The van der Waals surface area contributed by atoms with Crippen molar-refractivity contribution in [2.75, 3.05) is 17.7 Å². The first-order valence-corrected chi connectivity index (χ1v) is 6.25. The molecule has 10 nitrogen and oxygen atoms in total. The Morgan fingerprint density at radius 3 is 2.62 bits per heavy atom. The van der Waals surface area contributed by atoms with Gasteiger partial charge in [0.15, 0.2) is 0 Å². The Labute approximate surface area is 121 Å². The number of primary amides is 1. The van der Waals surface area contributed by atoms with Gasteiger partial charge in [0.25, 0.3) is 5.95 Å². The summed E-state index contributed by atoms with van der Waals surface area (Å²) in [6.07, 6.45) is 3.01. The summed E-state index contributed by atoms with van der Waals surface area (Å²) < 4.78 is 1.41. The summed E-state index contributed by atoms with van der Waals surface area (Å²) in [5.74, 6) is 0.579. The van der Waals surface area contributed by atoms with E-state index in [9.17, 15) is 4.79 Å². The predicted molar refractivity (Wildman–Crippen MR) is 75.8 cm³/mol. The number of nitrogens with zero attached hydrogens (tertiary/aromatic N) is 6. The van der Waals surface area contributed by atoms with E-state index in [0.717, 1.165) is 0 Å². The number of hydrogen-bond acceptors (Lipinski definition) is 8. The van der Waals surface area contributed by atoms with E-state index in [1.54, 1.807) is 7.05 Å². The molecule has 0 atom stereocenters. The molecule has 0 aliphatic heterocycles. The standard InChI is InChI=1S/C11H17N9O/c1-11(2,4-7(12)21)19-9-16-8(13-3)17-10(18-9)20-6-14-5-15-20/h5-6H,4H2,1-3H3,(H2,12,21)(H2,13,16,17,18,19). The molecule has 21 heavy (non-hydrogen) atoms. The molecule has 0 unspecified atom stereocenters. The summed E-state index contributed by atoms with van der Waals surface area (Å²) in [5, 5.41) is 9.87. The fourth-order valence-electron chi connectivity index (χ4n) is 1.73. The van der Waals surface area contributed by atoms with Crippen molar-refractivity contribution in [2.45, 2.75) is 25.8 Å². The molecule has 112 valence electrons. The lowest BCUT2D eigenvalue weighted by Crippen LogP contribution is -2.36. The molecular formula is C11H17N9O. The van der Waals surface area contributed by atoms with Crippen LogP contribution in [0.25, 0.3) is 5.95 Å². The average molecular weight is 291 g/mol. The lowest BCUT2D eigenvalue weighted by molar-refractivity contribution is -0.118. The predicted octanol–water partition coefficient (Wildman–Crippen LogP) is -0.440. The largest absolute Gasteiger partial charge is 0.370 e. The van der Waals surface area contributed by atoms with Gasteiger partial charge in [-0.1, -0.05) is 0 Å². The van der Waals surface area contributed by atoms with Crippen LogP contribution >= 0.6 is 0 Å². The van der Waals surface area contributed by atoms with E-state index in [4.69, 9.17) is 5.73 Å². The zero-order chi connectivity index (χ0) is 15.5. The SMILES string of the molecule is CNc1nc(NC(C)(C)CC(N)=O)nc(-n2cncn2)n1. The second-order valence-electron chi connectivity index (χ2n) is 5.02. The van der Waals surface area contributed by atoms with E-state index in [-0.39, 0.29) is 6.42 Å². The van der Waals surface area contributed by atoms with Gasteiger partial charge in [0, 0.05) is 19.0 Å². The normalized spacial score (nSPS) is 11.2. The first-order valence-electron chi connectivity index (χ1n) is 6.25. The highest BCUT2D eigenvalue weighted by molar-refractivity contribution is 5.75. The molecule has 0 saturated heterocycles. The van der Waals surface area contributed by atoms with E-state index in [2.05, 4.69) is 35.7 Å². The van der Waals surface area contributed by atoms with Crippen molar-refractivity contribution in [3.8, 4) is 5.95 Å². The van der Waals surface area contributed by atoms with Crippen molar-refractivity contribution in [1.29, 1.82) is 0 Å². The van der Waals surface area contributed by atoms with Crippen LogP contribution in [0.2, 0.25) is 0 Å². The lowest BCUT2D eigenvalue weighted by Gasteiger charge is -2.24. The quantitative estimate of drug-likeness (QED) is 0.651. The van der Waals surface area contributed by atoms with Crippen molar-refractivity contribution >= 4 is 17.8 Å². The Morgan fingerprint density at radius 1 is 1.33 bits per heavy atom. The minimum atomic E-state index is -0.585. The van der Waals surface area contributed by atoms with Crippen molar-refractivity contribution in [1.82, 2.24) is 29.7 Å². The molecule has 0 aromatic carbocycles. The van der Waals surface area contributed by atoms with Gasteiger partial charge in [-0.05, 0) is 13.8 Å². The van der Waals surface area contributed by atoms with Crippen LogP contribution in [-0.4, -0.2) is 48.2 Å².